The molecule has 3 nitrogen and oxygen atoms in total. The Labute approximate surface area is 117 Å². The van der Waals surface area contributed by atoms with Crippen LogP contribution in [0.25, 0.3) is 0 Å². The molecule has 0 atom stereocenters. The summed E-state index contributed by atoms with van der Waals surface area (Å²) in [6.45, 7) is 7.68. The van der Waals surface area contributed by atoms with Gasteiger partial charge in [-0.15, -0.1) is 0 Å². The zero-order valence-corrected chi connectivity index (χ0v) is 12.7. The molecule has 1 fully saturated rings. The Bertz CT molecular complexity index is 362. The Morgan fingerprint density at radius 2 is 2.05 bits per heavy atom. The van der Waals surface area contributed by atoms with Gasteiger partial charge < -0.3 is 9.88 Å². The van der Waals surface area contributed by atoms with Crippen molar-refractivity contribution < 1.29 is 0 Å². The maximum Gasteiger partial charge on any atom is 0.0951 e. The van der Waals surface area contributed by atoms with Gasteiger partial charge in [0.05, 0.1) is 12.0 Å². The molecule has 0 bridgehead atoms. The molecule has 2 rings (SSSR count). The molecule has 0 saturated heterocycles. The molecule has 0 aliphatic heterocycles. The number of imidazole rings is 1. The minimum Gasteiger partial charge on any atom is -0.331 e. The highest BCUT2D eigenvalue weighted by molar-refractivity contribution is 5.00. The lowest BCUT2D eigenvalue weighted by molar-refractivity contribution is 0.276. The van der Waals surface area contributed by atoms with E-state index in [9.17, 15) is 0 Å². The summed E-state index contributed by atoms with van der Waals surface area (Å²) in [4.78, 5) is 4.27. The van der Waals surface area contributed by atoms with E-state index in [0.29, 0.717) is 12.1 Å². The second-order valence-electron chi connectivity index (χ2n) is 6.27. The van der Waals surface area contributed by atoms with Gasteiger partial charge in [0.15, 0.2) is 0 Å². The van der Waals surface area contributed by atoms with Crippen LogP contribution >= 0.6 is 0 Å². The van der Waals surface area contributed by atoms with Gasteiger partial charge in [0.2, 0.25) is 0 Å². The summed E-state index contributed by atoms with van der Waals surface area (Å²) in [7, 11) is 0. The molecule has 0 radical (unpaired) electrons. The second-order valence-corrected chi connectivity index (χ2v) is 6.27. The number of aromatic nitrogens is 2. The fraction of sp³-hybridized carbons (Fsp3) is 0.812. The minimum absolute atomic E-state index is 0.500. The van der Waals surface area contributed by atoms with Gasteiger partial charge in [-0.05, 0) is 45.4 Å². The Morgan fingerprint density at radius 3 is 2.68 bits per heavy atom. The number of nitrogens with zero attached hydrogens (tertiary/aromatic N) is 2. The fourth-order valence-electron chi connectivity index (χ4n) is 3.25. The van der Waals surface area contributed by atoms with Gasteiger partial charge in [0, 0.05) is 24.8 Å². The summed E-state index contributed by atoms with van der Waals surface area (Å²) in [6.07, 6.45) is 12.2. The van der Waals surface area contributed by atoms with Crippen LogP contribution in [0.5, 0.6) is 0 Å². The number of hydrogen-bond acceptors (Lipinski definition) is 2. The van der Waals surface area contributed by atoms with E-state index in [4.69, 9.17) is 0 Å². The average molecular weight is 263 g/mol. The average Bonchev–Trinajstić information content (AvgIpc) is 2.87. The van der Waals surface area contributed by atoms with Crippen LogP contribution in [0.15, 0.2) is 12.5 Å². The van der Waals surface area contributed by atoms with Crippen molar-refractivity contribution in [1.82, 2.24) is 14.9 Å². The normalized spacial score (nSPS) is 24.0. The third kappa shape index (κ3) is 4.07. The Hall–Kier alpha value is -0.830. The molecular formula is C16H29N3. The molecule has 1 aromatic heterocycles. The topological polar surface area (TPSA) is 29.9 Å². The van der Waals surface area contributed by atoms with Crippen LogP contribution < -0.4 is 5.32 Å². The van der Waals surface area contributed by atoms with Crippen molar-refractivity contribution in [3.05, 3.63) is 18.2 Å². The van der Waals surface area contributed by atoms with Crippen molar-refractivity contribution in [2.24, 2.45) is 5.92 Å². The minimum atomic E-state index is 0.500. The molecule has 0 unspecified atom stereocenters. The Kier molecular flexibility index (Phi) is 5.44. The van der Waals surface area contributed by atoms with Gasteiger partial charge in [0.25, 0.3) is 0 Å². The molecule has 108 valence electrons. The standard InChI is InChI=1S/C16H29N3/c1-4-5-14-6-8-15(9-7-14)18-11-16-10-17-12-19(16)13(2)3/h10,12-15,18H,4-9,11H2,1-3H3. The molecule has 3 heteroatoms. The molecule has 1 N–H and O–H groups in total. The first-order valence-corrected chi connectivity index (χ1v) is 7.94. The van der Waals surface area contributed by atoms with E-state index in [0.717, 1.165) is 12.5 Å². The van der Waals surface area contributed by atoms with E-state index >= 15 is 0 Å². The number of rotatable bonds is 6. The predicted octanol–water partition coefficient (Wildman–Crippen LogP) is 3.91. The highest BCUT2D eigenvalue weighted by Gasteiger charge is 2.20. The summed E-state index contributed by atoms with van der Waals surface area (Å²) in [5, 5.41) is 3.72. The van der Waals surface area contributed by atoms with Gasteiger partial charge in [-0.2, -0.15) is 0 Å². The first kappa shape index (κ1) is 14.6. The van der Waals surface area contributed by atoms with Crippen molar-refractivity contribution in [1.29, 1.82) is 0 Å². The van der Waals surface area contributed by atoms with Crippen molar-refractivity contribution in [2.45, 2.75) is 77.9 Å². The molecule has 1 saturated carbocycles. The van der Waals surface area contributed by atoms with Crippen LogP contribution in [0.3, 0.4) is 0 Å². The predicted molar refractivity (Wildman–Crippen MR) is 80.1 cm³/mol. The van der Waals surface area contributed by atoms with E-state index in [1.165, 1.54) is 44.2 Å². The van der Waals surface area contributed by atoms with Crippen LogP contribution in [-0.2, 0) is 6.54 Å². The lowest BCUT2D eigenvalue weighted by atomic mass is 9.83. The van der Waals surface area contributed by atoms with Gasteiger partial charge in [-0.25, -0.2) is 4.98 Å². The molecule has 19 heavy (non-hydrogen) atoms. The van der Waals surface area contributed by atoms with Crippen molar-refractivity contribution >= 4 is 0 Å². The molecular weight excluding hydrogens is 234 g/mol. The highest BCUT2D eigenvalue weighted by Crippen LogP contribution is 2.27. The maximum absolute atomic E-state index is 4.27. The molecule has 1 aromatic rings. The smallest absolute Gasteiger partial charge is 0.0951 e. The molecule has 1 heterocycles. The summed E-state index contributed by atoms with van der Waals surface area (Å²) in [5.41, 5.74) is 1.31. The largest absolute Gasteiger partial charge is 0.331 e. The van der Waals surface area contributed by atoms with E-state index in [1.807, 2.05) is 12.5 Å². The van der Waals surface area contributed by atoms with Gasteiger partial charge in [-0.1, -0.05) is 19.8 Å². The van der Waals surface area contributed by atoms with E-state index < -0.39 is 0 Å². The summed E-state index contributed by atoms with van der Waals surface area (Å²) in [6, 6.07) is 1.21. The quantitative estimate of drug-likeness (QED) is 0.843. The molecule has 1 aliphatic rings. The van der Waals surface area contributed by atoms with Crippen LogP contribution in [0.1, 0.15) is 71.0 Å². The monoisotopic (exact) mass is 263 g/mol. The summed E-state index contributed by atoms with van der Waals surface area (Å²) >= 11 is 0. The van der Waals surface area contributed by atoms with Crippen molar-refractivity contribution in [3.8, 4) is 0 Å². The molecule has 0 aromatic carbocycles. The summed E-state index contributed by atoms with van der Waals surface area (Å²) in [5.74, 6) is 0.990. The van der Waals surface area contributed by atoms with Crippen LogP contribution in [0.4, 0.5) is 0 Å². The van der Waals surface area contributed by atoms with Gasteiger partial charge in [-0.3, -0.25) is 0 Å². The lowest BCUT2D eigenvalue weighted by Gasteiger charge is -2.29. The van der Waals surface area contributed by atoms with Crippen molar-refractivity contribution in [3.63, 3.8) is 0 Å². The Morgan fingerprint density at radius 1 is 1.32 bits per heavy atom. The second kappa shape index (κ2) is 7.09. The zero-order chi connectivity index (χ0) is 13.7. The third-order valence-electron chi connectivity index (χ3n) is 4.42. The Balaban J connectivity index is 1.76. The van der Waals surface area contributed by atoms with Crippen LogP contribution in [0.2, 0.25) is 0 Å². The molecule has 1 aliphatic carbocycles. The fourth-order valence-corrected chi connectivity index (χ4v) is 3.25. The molecule has 0 amide bonds. The van der Waals surface area contributed by atoms with Crippen LogP contribution in [0, 0.1) is 5.92 Å². The highest BCUT2D eigenvalue weighted by atomic mass is 15.1. The zero-order valence-electron chi connectivity index (χ0n) is 12.7. The lowest BCUT2D eigenvalue weighted by Crippen LogP contribution is -2.33. The maximum atomic E-state index is 4.27. The van der Waals surface area contributed by atoms with Crippen LogP contribution in [-0.4, -0.2) is 15.6 Å². The van der Waals surface area contributed by atoms with E-state index in [2.05, 4.69) is 35.6 Å². The third-order valence-corrected chi connectivity index (χ3v) is 4.42. The summed E-state index contributed by atoms with van der Waals surface area (Å²) < 4.78 is 2.26. The molecule has 0 spiro atoms. The first-order valence-electron chi connectivity index (χ1n) is 7.94. The van der Waals surface area contributed by atoms with Gasteiger partial charge >= 0.3 is 0 Å². The van der Waals surface area contributed by atoms with Crippen molar-refractivity contribution in [2.75, 3.05) is 0 Å². The van der Waals surface area contributed by atoms with Gasteiger partial charge in [0.1, 0.15) is 0 Å². The number of hydrogen-bond donors (Lipinski definition) is 1. The SMILES string of the molecule is CCCC1CCC(NCc2cncn2C(C)C)CC1. The first-order chi connectivity index (χ1) is 9.20. The number of nitrogens with one attached hydrogen (secondary N) is 1. The van der Waals surface area contributed by atoms with E-state index in [1.54, 1.807) is 0 Å². The van der Waals surface area contributed by atoms with E-state index in [-0.39, 0.29) is 0 Å².